The number of fused-ring (bicyclic) bond motifs is 1. The highest BCUT2D eigenvalue weighted by Crippen LogP contribution is 2.28. The highest BCUT2D eigenvalue weighted by Gasteiger charge is 2.32. The number of rotatable bonds is 4. The van der Waals surface area contributed by atoms with Crippen LogP contribution < -0.4 is 10.6 Å². The topological polar surface area (TPSA) is 58.7 Å². The van der Waals surface area contributed by atoms with Crippen LogP contribution in [0.5, 0.6) is 0 Å². The van der Waals surface area contributed by atoms with Gasteiger partial charge in [0, 0.05) is 34.8 Å². The zero-order valence-corrected chi connectivity index (χ0v) is 15.9. The summed E-state index contributed by atoms with van der Waals surface area (Å²) in [6.45, 7) is 0.465. The average molecular weight is 375 g/mol. The summed E-state index contributed by atoms with van der Waals surface area (Å²) in [5, 5.41) is 3.75. The van der Waals surface area contributed by atoms with E-state index in [1.807, 2.05) is 54.2 Å². The number of benzodiazepines with no additional fused rings is 1. The van der Waals surface area contributed by atoms with E-state index in [0.717, 1.165) is 22.5 Å². The molecule has 1 aliphatic heterocycles. The third kappa shape index (κ3) is 3.31. The molecule has 4 rings (SSSR count). The van der Waals surface area contributed by atoms with Gasteiger partial charge in [-0.05, 0) is 17.5 Å². The van der Waals surface area contributed by atoms with Gasteiger partial charge in [-0.3, -0.25) is 9.79 Å². The van der Waals surface area contributed by atoms with Crippen LogP contribution in [-0.2, 0) is 0 Å². The molecule has 0 amide bonds. The molecule has 0 bridgehead atoms. The van der Waals surface area contributed by atoms with E-state index in [1.54, 1.807) is 0 Å². The van der Waals surface area contributed by atoms with E-state index >= 15 is 0 Å². The number of ketones is 1. The molecule has 0 aliphatic carbocycles. The quantitative estimate of drug-likeness (QED) is 0.709. The molecule has 2 aromatic carbocycles. The second-order valence-corrected chi connectivity index (χ2v) is 7.43. The summed E-state index contributed by atoms with van der Waals surface area (Å²) < 4.78 is 0. The van der Waals surface area contributed by atoms with E-state index in [4.69, 9.17) is 10.7 Å². The number of aliphatic imine (C=N–C) groups is 1. The molecule has 0 radical (unpaired) electrons. The summed E-state index contributed by atoms with van der Waals surface area (Å²) in [6.07, 6.45) is 0. The third-order valence-corrected chi connectivity index (χ3v) is 5.73. The molecular weight excluding hydrogens is 354 g/mol. The number of carbonyl (C=O) groups is 1. The van der Waals surface area contributed by atoms with Crippen LogP contribution in [0.2, 0.25) is 0 Å². The van der Waals surface area contributed by atoms with E-state index in [0.29, 0.717) is 12.1 Å². The molecule has 2 heterocycles. The van der Waals surface area contributed by atoms with E-state index in [2.05, 4.69) is 29.2 Å². The number of anilines is 1. The van der Waals surface area contributed by atoms with Crippen LogP contribution >= 0.6 is 11.3 Å². The van der Waals surface area contributed by atoms with Gasteiger partial charge in [0.25, 0.3) is 0 Å². The number of para-hydroxylation sites is 1. The second-order valence-electron chi connectivity index (χ2n) is 6.65. The molecule has 27 heavy (non-hydrogen) atoms. The lowest BCUT2D eigenvalue weighted by molar-refractivity contribution is 0.0950. The molecule has 1 aromatic heterocycles. The summed E-state index contributed by atoms with van der Waals surface area (Å²) in [7, 11) is 1.99. The minimum Gasteiger partial charge on any atom is -0.367 e. The van der Waals surface area contributed by atoms with Crippen LogP contribution in [0, 0.1) is 0 Å². The van der Waals surface area contributed by atoms with Gasteiger partial charge < -0.3 is 10.6 Å². The Morgan fingerprint density at radius 1 is 1.15 bits per heavy atom. The van der Waals surface area contributed by atoms with E-state index in [1.165, 1.54) is 11.3 Å². The van der Waals surface area contributed by atoms with Gasteiger partial charge in [-0.25, -0.2) is 0 Å². The summed E-state index contributed by atoms with van der Waals surface area (Å²) in [4.78, 5) is 19.8. The van der Waals surface area contributed by atoms with Crippen LogP contribution in [0.1, 0.15) is 21.5 Å². The summed E-state index contributed by atoms with van der Waals surface area (Å²) in [5.74, 6) is -0.0380. The first kappa shape index (κ1) is 17.6. The third-order valence-electron chi connectivity index (χ3n) is 5.04. The lowest BCUT2D eigenvalue weighted by Crippen LogP contribution is -2.52. The highest BCUT2D eigenvalue weighted by molar-refractivity contribution is 7.08. The molecule has 136 valence electrons. The number of nitrogens with zero attached hydrogens (tertiary/aromatic N) is 2. The number of hydrogen-bond acceptors (Lipinski definition) is 5. The first-order chi connectivity index (χ1) is 13.2. The van der Waals surface area contributed by atoms with E-state index < -0.39 is 6.04 Å². The fourth-order valence-corrected chi connectivity index (χ4v) is 4.17. The number of likely N-dealkylation sites (N-methyl/N-ethyl adjacent to an activating group) is 1. The normalized spacial score (nSPS) is 17.6. The number of carbonyl (C=O) groups excluding carboxylic acids is 1. The predicted molar refractivity (Wildman–Crippen MR) is 112 cm³/mol. The van der Waals surface area contributed by atoms with Crippen molar-refractivity contribution in [2.45, 2.75) is 12.1 Å². The standard InChI is InChI=1S/C22H21N3OS/c1-25-18-10-6-5-9-17(18)21(15-7-3-2-4-8-15)24-13-19(25)20(23)22(26)16-11-12-27-14-16/h2-12,14,19-20H,13,23H2,1H3. The molecule has 0 fully saturated rings. The van der Waals surface area contributed by atoms with Gasteiger partial charge in [-0.1, -0.05) is 48.5 Å². The van der Waals surface area contributed by atoms with Crippen LogP contribution in [0.15, 0.2) is 76.4 Å². The Hall–Kier alpha value is -2.76. The van der Waals surface area contributed by atoms with Crippen molar-refractivity contribution in [3.8, 4) is 0 Å². The van der Waals surface area contributed by atoms with Crippen LogP contribution in [0.3, 0.4) is 0 Å². The Bertz CT molecular complexity index is 966. The van der Waals surface area contributed by atoms with Gasteiger partial charge in [-0.2, -0.15) is 11.3 Å². The smallest absolute Gasteiger partial charge is 0.182 e. The van der Waals surface area contributed by atoms with E-state index in [-0.39, 0.29) is 11.8 Å². The maximum atomic E-state index is 12.8. The number of benzene rings is 2. The van der Waals surface area contributed by atoms with Gasteiger partial charge in [0.05, 0.1) is 24.3 Å². The van der Waals surface area contributed by atoms with Crippen molar-refractivity contribution in [2.24, 2.45) is 10.7 Å². The Morgan fingerprint density at radius 3 is 2.63 bits per heavy atom. The molecule has 4 nitrogen and oxygen atoms in total. The monoisotopic (exact) mass is 375 g/mol. The molecular formula is C22H21N3OS. The zero-order chi connectivity index (χ0) is 18.8. The van der Waals surface area contributed by atoms with Gasteiger partial charge in [0.1, 0.15) is 0 Å². The molecule has 3 aromatic rings. The van der Waals surface area contributed by atoms with Gasteiger partial charge in [0.15, 0.2) is 5.78 Å². The lowest BCUT2D eigenvalue weighted by Gasteiger charge is -2.32. The maximum Gasteiger partial charge on any atom is 0.182 e. The van der Waals surface area contributed by atoms with Crippen molar-refractivity contribution in [1.29, 1.82) is 0 Å². The fraction of sp³-hybridized carbons (Fsp3) is 0.182. The number of thiophene rings is 1. The molecule has 1 aliphatic rings. The van der Waals surface area contributed by atoms with E-state index in [9.17, 15) is 4.79 Å². The van der Waals surface area contributed by atoms with Crippen molar-refractivity contribution < 1.29 is 4.79 Å². The van der Waals surface area contributed by atoms with Gasteiger partial charge in [-0.15, -0.1) is 0 Å². The molecule has 0 saturated heterocycles. The fourth-order valence-electron chi connectivity index (χ4n) is 3.52. The second kappa shape index (κ2) is 7.47. The predicted octanol–water partition coefficient (Wildman–Crippen LogP) is 3.61. The largest absolute Gasteiger partial charge is 0.367 e. The van der Waals surface area contributed by atoms with Gasteiger partial charge in [0.2, 0.25) is 0 Å². The van der Waals surface area contributed by atoms with Gasteiger partial charge >= 0.3 is 0 Å². The number of nitrogens with two attached hydrogens (primary N) is 1. The Labute approximate surface area is 163 Å². The first-order valence-electron chi connectivity index (χ1n) is 8.91. The van der Waals surface area contributed by atoms with Crippen molar-refractivity contribution in [1.82, 2.24) is 0 Å². The summed E-state index contributed by atoms with van der Waals surface area (Å²) in [6, 6.07) is 19.3. The zero-order valence-electron chi connectivity index (χ0n) is 15.1. The SMILES string of the molecule is CN1c2ccccc2C(c2ccccc2)=NCC1C(N)C(=O)c1ccsc1. The minimum absolute atomic E-state index is 0.0380. The molecule has 0 saturated carbocycles. The number of hydrogen-bond donors (Lipinski definition) is 1. The van der Waals surface area contributed by atoms with Crippen molar-refractivity contribution >= 4 is 28.5 Å². The molecule has 2 unspecified atom stereocenters. The molecule has 5 heteroatoms. The van der Waals surface area contributed by atoms with Crippen LogP contribution in [-0.4, -0.2) is 37.2 Å². The summed E-state index contributed by atoms with van der Waals surface area (Å²) in [5.41, 5.74) is 11.2. The van der Waals surface area contributed by atoms with Crippen LogP contribution in [0.4, 0.5) is 5.69 Å². The molecule has 0 spiro atoms. The first-order valence-corrected chi connectivity index (χ1v) is 9.85. The Kier molecular flexibility index (Phi) is 4.88. The van der Waals surface area contributed by atoms with Crippen molar-refractivity contribution in [3.63, 3.8) is 0 Å². The summed E-state index contributed by atoms with van der Waals surface area (Å²) >= 11 is 1.51. The molecule has 2 N–H and O–H groups in total. The average Bonchev–Trinajstić information content (AvgIpc) is 3.21. The molecule has 2 atom stereocenters. The van der Waals surface area contributed by atoms with Crippen LogP contribution in [0.25, 0.3) is 0 Å². The number of Topliss-reactive ketones (excluding diaryl/α,β-unsaturated/α-hetero) is 1. The Balaban J connectivity index is 1.75. The Morgan fingerprint density at radius 2 is 1.89 bits per heavy atom. The highest BCUT2D eigenvalue weighted by atomic mass is 32.1. The lowest BCUT2D eigenvalue weighted by atomic mass is 9.98. The maximum absolute atomic E-state index is 12.8. The van der Waals surface area contributed by atoms with Crippen molar-refractivity contribution in [2.75, 3.05) is 18.5 Å². The van der Waals surface area contributed by atoms with Crippen molar-refractivity contribution in [3.05, 3.63) is 88.1 Å². The minimum atomic E-state index is -0.642.